The summed E-state index contributed by atoms with van der Waals surface area (Å²) in [5, 5.41) is 9.05. The first kappa shape index (κ1) is 25.4. The van der Waals surface area contributed by atoms with Crippen LogP contribution >= 0.6 is 0 Å². The van der Waals surface area contributed by atoms with Crippen molar-refractivity contribution in [2.75, 3.05) is 42.3 Å². The summed E-state index contributed by atoms with van der Waals surface area (Å²) in [4.78, 5) is 23.3. The molecule has 1 aromatic heterocycles. The SMILES string of the molecule is O=C(Nc1ccc(CN2CCOCC2)cc1)Nc1ccc2ncnc(Nc3cccc(C(F)(F)F)c3)c2c1. The summed E-state index contributed by atoms with van der Waals surface area (Å²) in [6.45, 7) is 4.10. The number of nitrogens with one attached hydrogen (secondary N) is 3. The average molecular weight is 523 g/mol. The largest absolute Gasteiger partial charge is 0.416 e. The molecule has 0 saturated carbocycles. The molecule has 2 heterocycles. The van der Waals surface area contributed by atoms with Crippen LogP contribution in [0.2, 0.25) is 0 Å². The first-order valence-electron chi connectivity index (χ1n) is 12.0. The number of hydrogen-bond donors (Lipinski definition) is 3. The predicted molar refractivity (Wildman–Crippen MR) is 139 cm³/mol. The highest BCUT2D eigenvalue weighted by atomic mass is 19.4. The van der Waals surface area contributed by atoms with E-state index in [4.69, 9.17) is 4.74 Å². The molecule has 1 aliphatic rings. The average Bonchev–Trinajstić information content (AvgIpc) is 2.90. The summed E-state index contributed by atoms with van der Waals surface area (Å²) in [5.74, 6) is 0.314. The molecule has 0 aliphatic carbocycles. The number of anilines is 4. The Hall–Kier alpha value is -4.22. The Balaban J connectivity index is 1.26. The van der Waals surface area contributed by atoms with E-state index in [9.17, 15) is 18.0 Å². The normalized spacial score (nSPS) is 14.3. The van der Waals surface area contributed by atoms with Gasteiger partial charge in [-0.1, -0.05) is 18.2 Å². The Morgan fingerprint density at radius 3 is 2.39 bits per heavy atom. The number of benzene rings is 3. The van der Waals surface area contributed by atoms with Crippen molar-refractivity contribution in [1.29, 1.82) is 0 Å². The predicted octanol–water partition coefficient (Wildman–Crippen LogP) is 5.87. The second kappa shape index (κ2) is 11.0. The van der Waals surface area contributed by atoms with E-state index in [1.807, 2.05) is 24.3 Å². The van der Waals surface area contributed by atoms with Gasteiger partial charge in [0.2, 0.25) is 0 Å². The zero-order chi connectivity index (χ0) is 26.5. The number of ether oxygens (including phenoxy) is 1. The van der Waals surface area contributed by atoms with Crippen LogP contribution in [0.1, 0.15) is 11.1 Å². The Kier molecular flexibility index (Phi) is 7.38. The highest BCUT2D eigenvalue weighted by Gasteiger charge is 2.30. The molecule has 0 unspecified atom stereocenters. The van der Waals surface area contributed by atoms with E-state index in [0.29, 0.717) is 28.1 Å². The number of nitrogens with zero attached hydrogens (tertiary/aromatic N) is 3. The number of carbonyl (C=O) groups is 1. The maximum atomic E-state index is 13.1. The van der Waals surface area contributed by atoms with Gasteiger partial charge in [0.25, 0.3) is 0 Å². The lowest BCUT2D eigenvalue weighted by Gasteiger charge is -2.26. The van der Waals surface area contributed by atoms with E-state index in [1.54, 1.807) is 18.2 Å². The number of fused-ring (bicyclic) bond motifs is 1. The number of aromatic nitrogens is 2. The third-order valence-corrected chi connectivity index (χ3v) is 6.07. The minimum atomic E-state index is -4.46. The van der Waals surface area contributed by atoms with Gasteiger partial charge >= 0.3 is 12.2 Å². The lowest BCUT2D eigenvalue weighted by atomic mass is 10.1. The van der Waals surface area contributed by atoms with Crippen LogP contribution in [0.4, 0.5) is 40.8 Å². The molecule has 3 aromatic carbocycles. The fourth-order valence-corrected chi connectivity index (χ4v) is 4.15. The van der Waals surface area contributed by atoms with Gasteiger partial charge in [-0.15, -0.1) is 0 Å². The van der Waals surface area contributed by atoms with E-state index >= 15 is 0 Å². The van der Waals surface area contributed by atoms with Crippen molar-refractivity contribution in [2.24, 2.45) is 0 Å². The first-order chi connectivity index (χ1) is 18.3. The molecule has 1 aliphatic heterocycles. The van der Waals surface area contributed by atoms with Crippen molar-refractivity contribution >= 4 is 39.8 Å². The fraction of sp³-hybridized carbons (Fsp3) is 0.222. The summed E-state index contributed by atoms with van der Waals surface area (Å²) in [6, 6.07) is 17.1. The van der Waals surface area contributed by atoms with Gasteiger partial charge < -0.3 is 20.7 Å². The molecule has 0 spiro atoms. The van der Waals surface area contributed by atoms with Crippen molar-refractivity contribution in [3.8, 4) is 0 Å². The Bertz CT molecular complexity index is 1420. The lowest BCUT2D eigenvalue weighted by Crippen LogP contribution is -2.35. The first-order valence-corrected chi connectivity index (χ1v) is 12.0. The lowest BCUT2D eigenvalue weighted by molar-refractivity contribution is -0.137. The molecule has 11 heteroatoms. The molecular weight excluding hydrogens is 497 g/mol. The van der Waals surface area contributed by atoms with Crippen LogP contribution in [-0.2, 0) is 17.5 Å². The van der Waals surface area contributed by atoms with Gasteiger partial charge in [0.15, 0.2) is 0 Å². The van der Waals surface area contributed by atoms with Crippen molar-refractivity contribution < 1.29 is 22.7 Å². The highest BCUT2D eigenvalue weighted by molar-refractivity contribution is 6.02. The zero-order valence-electron chi connectivity index (χ0n) is 20.3. The molecule has 8 nitrogen and oxygen atoms in total. The number of carbonyl (C=O) groups excluding carboxylic acids is 1. The molecule has 0 bridgehead atoms. The molecule has 1 fully saturated rings. The molecule has 3 N–H and O–H groups in total. The third kappa shape index (κ3) is 6.36. The van der Waals surface area contributed by atoms with Crippen molar-refractivity contribution in [3.63, 3.8) is 0 Å². The van der Waals surface area contributed by atoms with Crippen LogP contribution in [0.5, 0.6) is 0 Å². The molecule has 196 valence electrons. The van der Waals surface area contributed by atoms with E-state index in [1.165, 1.54) is 18.5 Å². The zero-order valence-corrected chi connectivity index (χ0v) is 20.3. The van der Waals surface area contributed by atoms with Crippen LogP contribution < -0.4 is 16.0 Å². The molecular formula is C27H25F3N6O2. The number of morpholine rings is 1. The second-order valence-corrected chi connectivity index (χ2v) is 8.82. The second-order valence-electron chi connectivity index (χ2n) is 8.82. The number of alkyl halides is 3. The van der Waals surface area contributed by atoms with Gasteiger partial charge in [-0.3, -0.25) is 4.90 Å². The highest BCUT2D eigenvalue weighted by Crippen LogP contribution is 2.32. The monoisotopic (exact) mass is 522 g/mol. The molecule has 0 radical (unpaired) electrons. The van der Waals surface area contributed by atoms with E-state index in [2.05, 4.69) is 30.8 Å². The van der Waals surface area contributed by atoms with Crippen molar-refractivity contribution in [3.05, 3.63) is 84.2 Å². The maximum Gasteiger partial charge on any atom is 0.416 e. The Morgan fingerprint density at radius 1 is 0.895 bits per heavy atom. The molecule has 5 rings (SSSR count). The molecule has 2 amide bonds. The summed E-state index contributed by atoms with van der Waals surface area (Å²) in [6.07, 6.45) is -3.14. The number of amides is 2. The van der Waals surface area contributed by atoms with Crippen LogP contribution in [-0.4, -0.2) is 47.2 Å². The minimum Gasteiger partial charge on any atom is -0.379 e. The molecule has 38 heavy (non-hydrogen) atoms. The summed E-state index contributed by atoms with van der Waals surface area (Å²) in [7, 11) is 0. The van der Waals surface area contributed by atoms with Gasteiger partial charge in [0.1, 0.15) is 12.1 Å². The number of rotatable bonds is 6. The Morgan fingerprint density at radius 2 is 1.63 bits per heavy atom. The third-order valence-electron chi connectivity index (χ3n) is 6.07. The van der Waals surface area contributed by atoms with Gasteiger partial charge in [-0.2, -0.15) is 13.2 Å². The summed E-state index contributed by atoms with van der Waals surface area (Å²) in [5.41, 5.74) is 2.29. The number of halogens is 3. The Labute approximate surface area is 216 Å². The van der Waals surface area contributed by atoms with Gasteiger partial charge in [-0.25, -0.2) is 14.8 Å². The minimum absolute atomic E-state index is 0.230. The number of hydrogen-bond acceptors (Lipinski definition) is 6. The van der Waals surface area contributed by atoms with Crippen molar-refractivity contribution in [1.82, 2.24) is 14.9 Å². The smallest absolute Gasteiger partial charge is 0.379 e. The van der Waals surface area contributed by atoms with Gasteiger partial charge in [0.05, 0.1) is 24.3 Å². The summed E-state index contributed by atoms with van der Waals surface area (Å²) >= 11 is 0. The fourth-order valence-electron chi connectivity index (χ4n) is 4.15. The van der Waals surface area contributed by atoms with Crippen molar-refractivity contribution in [2.45, 2.75) is 12.7 Å². The molecule has 4 aromatic rings. The number of urea groups is 1. The van der Waals surface area contributed by atoms with Crippen LogP contribution in [0, 0.1) is 0 Å². The quantitative estimate of drug-likeness (QED) is 0.294. The molecule has 0 atom stereocenters. The van der Waals surface area contributed by atoms with E-state index < -0.39 is 17.8 Å². The molecule has 1 saturated heterocycles. The topological polar surface area (TPSA) is 91.4 Å². The summed E-state index contributed by atoms with van der Waals surface area (Å²) < 4.78 is 44.7. The maximum absolute atomic E-state index is 13.1. The van der Waals surface area contributed by atoms with Gasteiger partial charge in [-0.05, 0) is 54.1 Å². The van der Waals surface area contributed by atoms with Gasteiger partial charge in [0, 0.05) is 42.1 Å². The van der Waals surface area contributed by atoms with E-state index in [-0.39, 0.29) is 5.69 Å². The van der Waals surface area contributed by atoms with Crippen LogP contribution in [0.15, 0.2) is 73.1 Å². The van der Waals surface area contributed by atoms with Crippen LogP contribution in [0.25, 0.3) is 10.9 Å². The standard InChI is InChI=1S/C27H25F3N6O2/c28-27(29,30)19-2-1-3-21(14-19)33-25-23-15-22(8-9-24(23)31-17-32-25)35-26(37)34-20-6-4-18(5-7-20)16-36-10-12-38-13-11-36/h1-9,14-15,17H,10-13,16H2,(H,31,32,33)(H2,34,35,37). The van der Waals surface area contributed by atoms with Crippen LogP contribution in [0.3, 0.4) is 0 Å². The van der Waals surface area contributed by atoms with E-state index in [0.717, 1.165) is 50.5 Å².